The number of nitrogens with zero attached hydrogens (tertiary/aromatic N) is 2. The first-order valence-electron chi connectivity index (χ1n) is 6.09. The molecule has 1 aromatic heterocycles. The van der Waals surface area contributed by atoms with Gasteiger partial charge in [0, 0.05) is 15.8 Å². The van der Waals surface area contributed by atoms with E-state index in [4.69, 9.17) is 23.2 Å². The van der Waals surface area contributed by atoms with Crippen LogP contribution < -0.4 is 5.32 Å². The molecule has 1 heterocycles. The molecular formula is C15H11Cl2N3. The quantitative estimate of drug-likeness (QED) is 0.725. The minimum atomic E-state index is 0.545. The van der Waals surface area contributed by atoms with Gasteiger partial charge < -0.3 is 5.32 Å². The van der Waals surface area contributed by atoms with Crippen molar-refractivity contribution in [3.8, 4) is 0 Å². The zero-order valence-corrected chi connectivity index (χ0v) is 12.2. The molecule has 0 aliphatic heterocycles. The van der Waals surface area contributed by atoms with Gasteiger partial charge in [-0.2, -0.15) is 5.10 Å². The summed E-state index contributed by atoms with van der Waals surface area (Å²) in [5.41, 5.74) is 1.65. The lowest BCUT2D eigenvalue weighted by atomic mass is 10.1. The third kappa shape index (κ3) is 2.42. The van der Waals surface area contributed by atoms with Crippen molar-refractivity contribution in [1.29, 1.82) is 0 Å². The van der Waals surface area contributed by atoms with Crippen LogP contribution in [-0.4, -0.2) is 10.2 Å². The Hall–Kier alpha value is -1.84. The Kier molecular flexibility index (Phi) is 3.47. The molecule has 0 radical (unpaired) electrons. The summed E-state index contributed by atoms with van der Waals surface area (Å²) in [6.45, 7) is 1.94. The molecule has 0 saturated carbocycles. The highest BCUT2D eigenvalue weighted by molar-refractivity contribution is 6.36. The van der Waals surface area contributed by atoms with E-state index in [1.165, 1.54) is 0 Å². The average molecular weight is 304 g/mol. The molecule has 0 aliphatic carbocycles. The molecule has 0 fully saturated rings. The van der Waals surface area contributed by atoms with Crippen LogP contribution in [0.1, 0.15) is 5.69 Å². The van der Waals surface area contributed by atoms with Crippen molar-refractivity contribution in [2.75, 3.05) is 5.32 Å². The monoisotopic (exact) mass is 303 g/mol. The average Bonchev–Trinajstić information content (AvgIpc) is 2.45. The molecule has 3 aromatic rings. The summed E-state index contributed by atoms with van der Waals surface area (Å²) in [7, 11) is 0. The first-order valence-corrected chi connectivity index (χ1v) is 6.85. The molecule has 0 amide bonds. The lowest BCUT2D eigenvalue weighted by molar-refractivity contribution is 1.01. The largest absolute Gasteiger partial charge is 0.337 e. The second kappa shape index (κ2) is 5.27. The number of hydrogen-bond acceptors (Lipinski definition) is 3. The molecule has 1 N–H and O–H groups in total. The maximum atomic E-state index is 6.17. The lowest BCUT2D eigenvalue weighted by Gasteiger charge is -2.10. The first kappa shape index (κ1) is 13.2. The van der Waals surface area contributed by atoms with Crippen LogP contribution in [0.5, 0.6) is 0 Å². The topological polar surface area (TPSA) is 37.8 Å². The zero-order chi connectivity index (χ0) is 14.1. The Balaban J connectivity index is 2.09. The van der Waals surface area contributed by atoms with Crippen LogP contribution in [0.4, 0.5) is 11.5 Å². The van der Waals surface area contributed by atoms with E-state index < -0.39 is 0 Å². The highest BCUT2D eigenvalue weighted by Crippen LogP contribution is 2.30. The summed E-state index contributed by atoms with van der Waals surface area (Å²) in [6.07, 6.45) is 0. The highest BCUT2D eigenvalue weighted by atomic mass is 35.5. The molecule has 100 valence electrons. The Morgan fingerprint density at radius 1 is 0.950 bits per heavy atom. The lowest BCUT2D eigenvalue weighted by Crippen LogP contribution is -1.99. The van der Waals surface area contributed by atoms with Crippen LogP contribution in [0, 0.1) is 6.92 Å². The Labute approximate surface area is 126 Å². The predicted octanol–water partition coefficient (Wildman–Crippen LogP) is 4.99. The van der Waals surface area contributed by atoms with Gasteiger partial charge in [0.25, 0.3) is 0 Å². The minimum absolute atomic E-state index is 0.545. The van der Waals surface area contributed by atoms with Gasteiger partial charge in [-0.3, -0.25) is 0 Å². The van der Waals surface area contributed by atoms with Crippen LogP contribution >= 0.6 is 23.2 Å². The molecule has 0 aliphatic rings. The summed E-state index contributed by atoms with van der Waals surface area (Å²) in [5, 5.41) is 14.8. The van der Waals surface area contributed by atoms with Gasteiger partial charge in [0.2, 0.25) is 0 Å². The first-order chi connectivity index (χ1) is 9.65. The number of aromatic nitrogens is 2. The van der Waals surface area contributed by atoms with Gasteiger partial charge in [0.05, 0.1) is 16.4 Å². The van der Waals surface area contributed by atoms with Crippen molar-refractivity contribution in [3.63, 3.8) is 0 Å². The smallest absolute Gasteiger partial charge is 0.161 e. The fraction of sp³-hybridized carbons (Fsp3) is 0.0667. The van der Waals surface area contributed by atoms with Crippen molar-refractivity contribution < 1.29 is 0 Å². The molecule has 2 aromatic carbocycles. The molecular weight excluding hydrogens is 293 g/mol. The van der Waals surface area contributed by atoms with E-state index in [9.17, 15) is 0 Å². The van der Waals surface area contributed by atoms with E-state index in [1.807, 2.05) is 37.3 Å². The van der Waals surface area contributed by atoms with Gasteiger partial charge in [-0.1, -0.05) is 47.5 Å². The summed E-state index contributed by atoms with van der Waals surface area (Å²) in [5.74, 6) is 0.676. The molecule has 3 rings (SSSR count). The summed E-state index contributed by atoms with van der Waals surface area (Å²) < 4.78 is 0. The van der Waals surface area contributed by atoms with Crippen LogP contribution in [0.15, 0.2) is 42.5 Å². The van der Waals surface area contributed by atoms with Crippen LogP contribution in [-0.2, 0) is 0 Å². The van der Waals surface area contributed by atoms with E-state index >= 15 is 0 Å². The van der Waals surface area contributed by atoms with Gasteiger partial charge in [-0.05, 0) is 25.1 Å². The molecule has 0 saturated heterocycles. The number of nitrogens with one attached hydrogen (secondary N) is 1. The standard InChI is InChI=1S/C15H11Cl2N3/c1-9-11-4-2-3-5-12(11)15(20-19-9)18-14-7-6-10(16)8-13(14)17/h2-8H,1H3,(H,18,20). The number of fused-ring (bicyclic) bond motifs is 1. The number of halogens is 2. The zero-order valence-electron chi connectivity index (χ0n) is 10.7. The second-order valence-corrected chi connectivity index (χ2v) is 5.27. The SMILES string of the molecule is Cc1nnc(Nc2ccc(Cl)cc2Cl)c2ccccc12. The van der Waals surface area contributed by atoms with E-state index in [0.717, 1.165) is 22.2 Å². The van der Waals surface area contributed by atoms with E-state index in [0.29, 0.717) is 15.9 Å². The fourth-order valence-electron chi connectivity index (χ4n) is 2.05. The van der Waals surface area contributed by atoms with Gasteiger partial charge in [0.1, 0.15) is 0 Å². The number of hydrogen-bond donors (Lipinski definition) is 1. The Bertz CT molecular complexity index is 787. The van der Waals surface area contributed by atoms with E-state index in [-0.39, 0.29) is 0 Å². The molecule has 5 heteroatoms. The van der Waals surface area contributed by atoms with Crippen molar-refractivity contribution in [3.05, 3.63) is 58.2 Å². The minimum Gasteiger partial charge on any atom is -0.337 e. The van der Waals surface area contributed by atoms with E-state index in [1.54, 1.807) is 12.1 Å². The molecule has 0 bridgehead atoms. The maximum Gasteiger partial charge on any atom is 0.161 e. The Morgan fingerprint density at radius 2 is 1.70 bits per heavy atom. The van der Waals surface area contributed by atoms with Gasteiger partial charge in [-0.15, -0.1) is 5.10 Å². The van der Waals surface area contributed by atoms with Crippen molar-refractivity contribution in [1.82, 2.24) is 10.2 Å². The fourth-order valence-corrected chi connectivity index (χ4v) is 2.50. The predicted molar refractivity (Wildman–Crippen MR) is 84.0 cm³/mol. The molecule has 0 unspecified atom stereocenters. The number of aryl methyl sites for hydroxylation is 1. The third-order valence-corrected chi connectivity index (χ3v) is 3.60. The van der Waals surface area contributed by atoms with Crippen molar-refractivity contribution in [2.24, 2.45) is 0 Å². The van der Waals surface area contributed by atoms with Crippen molar-refractivity contribution >= 4 is 45.5 Å². The number of benzene rings is 2. The van der Waals surface area contributed by atoms with Crippen LogP contribution in [0.2, 0.25) is 10.0 Å². The molecule has 20 heavy (non-hydrogen) atoms. The Morgan fingerprint density at radius 3 is 2.45 bits per heavy atom. The summed E-state index contributed by atoms with van der Waals surface area (Å²) >= 11 is 12.1. The normalized spacial score (nSPS) is 10.8. The van der Waals surface area contributed by atoms with Gasteiger partial charge >= 0.3 is 0 Å². The highest BCUT2D eigenvalue weighted by Gasteiger charge is 2.08. The number of rotatable bonds is 2. The number of anilines is 2. The molecule has 0 atom stereocenters. The van der Waals surface area contributed by atoms with Crippen molar-refractivity contribution in [2.45, 2.75) is 6.92 Å². The summed E-state index contributed by atoms with van der Waals surface area (Å²) in [4.78, 5) is 0. The second-order valence-electron chi connectivity index (χ2n) is 4.43. The van der Waals surface area contributed by atoms with Gasteiger partial charge in [-0.25, -0.2) is 0 Å². The van der Waals surface area contributed by atoms with Crippen LogP contribution in [0.25, 0.3) is 10.8 Å². The third-order valence-electron chi connectivity index (χ3n) is 3.06. The maximum absolute atomic E-state index is 6.17. The van der Waals surface area contributed by atoms with Crippen LogP contribution in [0.3, 0.4) is 0 Å². The molecule has 0 spiro atoms. The van der Waals surface area contributed by atoms with E-state index in [2.05, 4.69) is 15.5 Å². The summed E-state index contributed by atoms with van der Waals surface area (Å²) in [6, 6.07) is 13.3. The van der Waals surface area contributed by atoms with Gasteiger partial charge in [0.15, 0.2) is 5.82 Å². The molecule has 3 nitrogen and oxygen atoms in total.